The van der Waals surface area contributed by atoms with Crippen LogP contribution < -0.4 is 38.9 Å². The van der Waals surface area contributed by atoms with Gasteiger partial charge in [0.25, 0.3) is 0 Å². The summed E-state index contributed by atoms with van der Waals surface area (Å²) in [6.07, 6.45) is 0.382. The molecule has 216 valence electrons. The van der Waals surface area contributed by atoms with Crippen LogP contribution in [0.5, 0.6) is 0 Å². The molecular formula is C25H39N7O7. The summed E-state index contributed by atoms with van der Waals surface area (Å²) in [5, 5.41) is 16.7. The second-order valence-corrected chi connectivity index (χ2v) is 9.11. The number of rotatable bonds is 19. The molecule has 5 amide bonds. The Bertz CT molecular complexity index is 990. The average molecular weight is 550 g/mol. The Morgan fingerprint density at radius 2 is 1.21 bits per heavy atom. The lowest BCUT2D eigenvalue weighted by atomic mass is 10.0. The maximum atomic E-state index is 13.2. The van der Waals surface area contributed by atoms with E-state index in [9.17, 15) is 33.9 Å². The molecule has 14 nitrogen and oxygen atoms in total. The average Bonchev–Trinajstić information content (AvgIpc) is 2.88. The fourth-order valence-corrected chi connectivity index (χ4v) is 3.65. The van der Waals surface area contributed by atoms with Crippen molar-refractivity contribution in [3.05, 3.63) is 35.9 Å². The molecule has 0 aromatic heterocycles. The van der Waals surface area contributed by atoms with Crippen molar-refractivity contribution in [2.75, 3.05) is 6.54 Å². The molecule has 0 aliphatic rings. The van der Waals surface area contributed by atoms with Crippen molar-refractivity contribution in [1.82, 2.24) is 16.0 Å². The van der Waals surface area contributed by atoms with Gasteiger partial charge in [0, 0.05) is 12.8 Å². The van der Waals surface area contributed by atoms with E-state index in [1.807, 2.05) is 30.3 Å². The first-order valence-corrected chi connectivity index (χ1v) is 12.6. The number of benzene rings is 1. The van der Waals surface area contributed by atoms with E-state index in [-0.39, 0.29) is 38.5 Å². The van der Waals surface area contributed by atoms with Crippen LogP contribution in [0, 0.1) is 0 Å². The maximum absolute atomic E-state index is 13.2. The van der Waals surface area contributed by atoms with Gasteiger partial charge in [0.1, 0.15) is 18.1 Å². The zero-order valence-corrected chi connectivity index (χ0v) is 21.8. The third-order valence-corrected chi connectivity index (χ3v) is 5.82. The lowest BCUT2D eigenvalue weighted by Gasteiger charge is -2.25. The maximum Gasteiger partial charge on any atom is 0.326 e. The Morgan fingerprint density at radius 1 is 0.718 bits per heavy atom. The Hall–Kier alpha value is -4.04. The van der Waals surface area contributed by atoms with E-state index < -0.39 is 59.7 Å². The van der Waals surface area contributed by atoms with E-state index in [2.05, 4.69) is 16.0 Å². The third-order valence-electron chi connectivity index (χ3n) is 5.82. The highest BCUT2D eigenvalue weighted by atomic mass is 16.4. The van der Waals surface area contributed by atoms with E-state index in [0.717, 1.165) is 5.56 Å². The monoisotopic (exact) mass is 549 g/mol. The second kappa shape index (κ2) is 17.5. The molecule has 14 heteroatoms. The van der Waals surface area contributed by atoms with Crippen molar-refractivity contribution in [3.8, 4) is 0 Å². The fraction of sp³-hybridized carbons (Fsp3) is 0.520. The van der Waals surface area contributed by atoms with Gasteiger partial charge >= 0.3 is 5.97 Å². The van der Waals surface area contributed by atoms with Crippen LogP contribution in [0.3, 0.4) is 0 Å². The van der Waals surface area contributed by atoms with Crippen molar-refractivity contribution < 1.29 is 33.9 Å². The molecule has 1 aromatic rings. The van der Waals surface area contributed by atoms with Gasteiger partial charge in [-0.05, 0) is 50.6 Å². The van der Waals surface area contributed by atoms with Crippen molar-refractivity contribution in [2.45, 2.75) is 75.5 Å². The largest absolute Gasteiger partial charge is 0.480 e. The quantitative estimate of drug-likeness (QED) is 0.0865. The molecule has 12 N–H and O–H groups in total. The van der Waals surface area contributed by atoms with Crippen LogP contribution in [0.1, 0.15) is 50.5 Å². The zero-order valence-electron chi connectivity index (χ0n) is 21.8. The van der Waals surface area contributed by atoms with Crippen LogP contribution in [0.15, 0.2) is 30.3 Å². The summed E-state index contributed by atoms with van der Waals surface area (Å²) >= 11 is 0. The van der Waals surface area contributed by atoms with Crippen molar-refractivity contribution in [3.63, 3.8) is 0 Å². The molecule has 0 aliphatic carbocycles. The van der Waals surface area contributed by atoms with Crippen LogP contribution in [0.2, 0.25) is 0 Å². The number of carboxylic acid groups (broad SMARTS) is 1. The highest BCUT2D eigenvalue weighted by molar-refractivity contribution is 5.94. The molecule has 0 heterocycles. The van der Waals surface area contributed by atoms with Gasteiger partial charge in [-0.1, -0.05) is 30.3 Å². The van der Waals surface area contributed by atoms with Gasteiger partial charge in [-0.15, -0.1) is 0 Å². The van der Waals surface area contributed by atoms with E-state index in [0.29, 0.717) is 19.4 Å². The fourth-order valence-electron chi connectivity index (χ4n) is 3.65. The van der Waals surface area contributed by atoms with Crippen LogP contribution in [-0.2, 0) is 35.2 Å². The summed E-state index contributed by atoms with van der Waals surface area (Å²) in [6.45, 7) is 0.362. The molecule has 0 radical (unpaired) electrons. The Morgan fingerprint density at radius 3 is 1.72 bits per heavy atom. The van der Waals surface area contributed by atoms with Crippen molar-refractivity contribution >= 4 is 35.5 Å². The summed E-state index contributed by atoms with van der Waals surface area (Å²) in [4.78, 5) is 72.8. The van der Waals surface area contributed by atoms with Gasteiger partial charge in [0.15, 0.2) is 0 Å². The number of aliphatic carboxylic acids is 1. The van der Waals surface area contributed by atoms with Gasteiger partial charge in [-0.3, -0.25) is 24.0 Å². The normalized spacial score (nSPS) is 13.8. The molecular weight excluding hydrogens is 510 g/mol. The highest BCUT2D eigenvalue weighted by Crippen LogP contribution is 2.07. The van der Waals surface area contributed by atoms with Crippen LogP contribution >= 0.6 is 0 Å². The minimum absolute atomic E-state index is 0.188. The molecule has 4 atom stereocenters. The summed E-state index contributed by atoms with van der Waals surface area (Å²) < 4.78 is 0. The molecule has 0 saturated heterocycles. The number of carbonyl (C=O) groups is 6. The minimum Gasteiger partial charge on any atom is -0.480 e. The van der Waals surface area contributed by atoms with Crippen LogP contribution in [-0.4, -0.2) is 71.3 Å². The topological polar surface area (TPSA) is 263 Å². The molecule has 0 saturated carbocycles. The number of hydrogen-bond acceptors (Lipinski definition) is 8. The highest BCUT2D eigenvalue weighted by Gasteiger charge is 2.30. The molecule has 4 unspecified atom stereocenters. The van der Waals surface area contributed by atoms with Crippen molar-refractivity contribution in [1.29, 1.82) is 0 Å². The van der Waals surface area contributed by atoms with E-state index >= 15 is 0 Å². The van der Waals surface area contributed by atoms with Gasteiger partial charge in [-0.2, -0.15) is 0 Å². The van der Waals surface area contributed by atoms with E-state index in [1.165, 1.54) is 0 Å². The van der Waals surface area contributed by atoms with Crippen LogP contribution in [0.4, 0.5) is 0 Å². The van der Waals surface area contributed by atoms with Crippen LogP contribution in [0.25, 0.3) is 0 Å². The molecule has 0 bridgehead atoms. The lowest BCUT2D eigenvalue weighted by molar-refractivity contribution is -0.142. The molecule has 0 aliphatic heterocycles. The first-order chi connectivity index (χ1) is 18.4. The number of unbranched alkanes of at least 4 members (excludes halogenated alkanes) is 1. The Labute approximate surface area is 226 Å². The number of carbonyl (C=O) groups excluding carboxylic acids is 5. The Balaban J connectivity index is 3.00. The molecule has 39 heavy (non-hydrogen) atoms. The molecule has 0 fully saturated rings. The first-order valence-electron chi connectivity index (χ1n) is 12.6. The number of hydrogen-bond donors (Lipinski definition) is 8. The number of nitrogens with one attached hydrogen (secondary N) is 3. The predicted molar refractivity (Wildman–Crippen MR) is 141 cm³/mol. The Kier molecular flexibility index (Phi) is 14.8. The molecule has 1 aromatic carbocycles. The molecule has 0 spiro atoms. The first kappa shape index (κ1) is 33.0. The SMILES string of the molecule is NCCCCC(NC(=O)C(N)Cc1ccccc1)C(=O)NC(CCC(N)=O)C(=O)NC(CCC(N)=O)C(=O)O. The second-order valence-electron chi connectivity index (χ2n) is 9.11. The lowest BCUT2D eigenvalue weighted by Crippen LogP contribution is -2.57. The summed E-state index contributed by atoms with van der Waals surface area (Å²) in [5.74, 6) is -5.14. The standard InChI is InChI=1S/C25H39N7O7/c26-13-5-4-8-17(30-22(35)16(27)14-15-6-2-1-3-7-15)23(36)31-18(9-11-20(28)33)24(37)32-19(25(38)39)10-12-21(29)34/h1-3,6-7,16-19H,4-5,8-14,26-27H2,(H2,28,33)(H2,29,34)(H,30,35)(H,31,36)(H,32,37)(H,38,39). The number of carboxylic acids is 1. The van der Waals surface area contributed by atoms with Gasteiger partial charge < -0.3 is 44.0 Å². The van der Waals surface area contributed by atoms with Gasteiger partial charge in [-0.25, -0.2) is 4.79 Å². The minimum atomic E-state index is -1.46. The van der Waals surface area contributed by atoms with Gasteiger partial charge in [0.05, 0.1) is 6.04 Å². The number of amides is 5. The third kappa shape index (κ3) is 13.4. The smallest absolute Gasteiger partial charge is 0.326 e. The molecule has 1 rings (SSSR count). The van der Waals surface area contributed by atoms with Crippen molar-refractivity contribution in [2.24, 2.45) is 22.9 Å². The summed E-state index contributed by atoms with van der Waals surface area (Å²) in [7, 11) is 0. The number of nitrogens with two attached hydrogens (primary N) is 4. The van der Waals surface area contributed by atoms with E-state index in [4.69, 9.17) is 22.9 Å². The zero-order chi connectivity index (χ0) is 29.4. The summed E-state index contributed by atoms with van der Waals surface area (Å²) in [6, 6.07) is 4.22. The number of primary amides is 2. The predicted octanol–water partition coefficient (Wildman–Crippen LogP) is -2.24. The van der Waals surface area contributed by atoms with Gasteiger partial charge in [0.2, 0.25) is 29.5 Å². The summed E-state index contributed by atoms with van der Waals surface area (Å²) in [5.41, 5.74) is 22.7. The van der Waals surface area contributed by atoms with E-state index in [1.54, 1.807) is 0 Å².